The van der Waals surface area contributed by atoms with Crippen molar-refractivity contribution in [2.45, 2.75) is 39.0 Å². The minimum atomic E-state index is 0.889. The molecule has 6 unspecified atom stereocenters. The Hall–Kier alpha value is -1.30. The summed E-state index contributed by atoms with van der Waals surface area (Å²) in [6.45, 7) is 2.37. The third-order valence-corrected chi connectivity index (χ3v) is 6.37. The summed E-state index contributed by atoms with van der Waals surface area (Å²) in [5.74, 6) is 5.64. The van der Waals surface area contributed by atoms with Crippen LogP contribution in [0, 0.1) is 35.5 Å². The minimum Gasteiger partial charge on any atom is -0.0851 e. The van der Waals surface area contributed by atoms with E-state index in [4.69, 9.17) is 0 Å². The maximum Gasteiger partial charge on any atom is -0.0196 e. The van der Waals surface area contributed by atoms with Gasteiger partial charge in [-0.3, -0.25) is 0 Å². The van der Waals surface area contributed by atoms with Crippen molar-refractivity contribution >= 4 is 0 Å². The molecule has 2 saturated carbocycles. The predicted molar refractivity (Wildman–Crippen MR) is 93.5 cm³/mol. The van der Waals surface area contributed by atoms with Gasteiger partial charge in [0.05, 0.1) is 0 Å². The number of hydrogen-bond acceptors (Lipinski definition) is 0. The average Bonchev–Trinajstić information content (AvgIpc) is 3.29. The molecule has 0 heteroatoms. The van der Waals surface area contributed by atoms with Crippen molar-refractivity contribution < 1.29 is 0 Å². The first-order valence-corrected chi connectivity index (χ1v) is 9.18. The number of allylic oxidation sites excluding steroid dienone is 4. The maximum absolute atomic E-state index is 2.45. The second-order valence-corrected chi connectivity index (χ2v) is 7.99. The first-order chi connectivity index (χ1) is 10.8. The van der Waals surface area contributed by atoms with Gasteiger partial charge in [-0.25, -0.2) is 0 Å². The summed E-state index contributed by atoms with van der Waals surface area (Å²) in [6.07, 6.45) is 16.7. The van der Waals surface area contributed by atoms with Crippen molar-refractivity contribution in [3.05, 3.63) is 60.2 Å². The van der Waals surface area contributed by atoms with E-state index >= 15 is 0 Å². The van der Waals surface area contributed by atoms with Gasteiger partial charge in [0.2, 0.25) is 0 Å². The summed E-state index contributed by atoms with van der Waals surface area (Å²) in [6, 6.07) is 10.9. The highest BCUT2D eigenvalue weighted by molar-refractivity contribution is 5.18. The van der Waals surface area contributed by atoms with Crippen LogP contribution in [0.4, 0.5) is 0 Å². The van der Waals surface area contributed by atoms with Crippen molar-refractivity contribution in [3.63, 3.8) is 0 Å². The zero-order chi connectivity index (χ0) is 14.9. The second-order valence-electron chi connectivity index (χ2n) is 7.99. The van der Waals surface area contributed by atoms with Crippen LogP contribution in [-0.2, 0) is 6.42 Å². The molecule has 116 valence electrons. The molecule has 0 saturated heterocycles. The molecule has 4 aliphatic rings. The molecule has 2 fully saturated rings. The Morgan fingerprint density at radius 1 is 0.773 bits per heavy atom. The van der Waals surface area contributed by atoms with Crippen molar-refractivity contribution in [3.8, 4) is 0 Å². The highest BCUT2D eigenvalue weighted by Gasteiger charge is 2.35. The highest BCUT2D eigenvalue weighted by atomic mass is 14.4. The van der Waals surface area contributed by atoms with E-state index in [1.54, 1.807) is 0 Å². The molecule has 0 aromatic heterocycles. The summed E-state index contributed by atoms with van der Waals surface area (Å²) < 4.78 is 0. The van der Waals surface area contributed by atoms with Gasteiger partial charge in [0.1, 0.15) is 0 Å². The van der Waals surface area contributed by atoms with E-state index in [-0.39, 0.29) is 0 Å². The molecule has 5 rings (SSSR count). The second kappa shape index (κ2) is 6.07. The summed E-state index contributed by atoms with van der Waals surface area (Å²) >= 11 is 0. The fourth-order valence-corrected chi connectivity index (χ4v) is 5.10. The van der Waals surface area contributed by atoms with Crippen LogP contribution in [0.1, 0.15) is 38.2 Å². The molecule has 1 aromatic rings. The molecule has 1 aromatic carbocycles. The van der Waals surface area contributed by atoms with Gasteiger partial charge in [-0.15, -0.1) is 0 Å². The molecule has 4 aliphatic carbocycles. The fourth-order valence-electron chi connectivity index (χ4n) is 5.10. The van der Waals surface area contributed by atoms with Crippen LogP contribution in [0.25, 0.3) is 0 Å². The first-order valence-electron chi connectivity index (χ1n) is 9.18. The first kappa shape index (κ1) is 14.3. The summed E-state index contributed by atoms with van der Waals surface area (Å²) in [4.78, 5) is 0. The molecule has 0 radical (unpaired) electrons. The van der Waals surface area contributed by atoms with Crippen LogP contribution in [-0.4, -0.2) is 0 Å². The SMILES string of the molecule is C1=CC2CC1CC2Cc1ccccc1.CC1CC2C=CC1C2. The Labute approximate surface area is 135 Å². The standard InChI is InChI=1S/C14H16.C8H12/c1-2-4-11(5-3-1)8-14-10-12-6-7-13(14)9-12;1-6-4-7-2-3-8(6)5-7/h1-7,12-14H,8-10H2;2-3,6-8H,4-5H2,1H3. The normalized spacial score (nSPS) is 40.0. The van der Waals surface area contributed by atoms with Gasteiger partial charge in [0.25, 0.3) is 0 Å². The van der Waals surface area contributed by atoms with Crippen LogP contribution in [0.2, 0.25) is 0 Å². The molecule has 0 aliphatic heterocycles. The van der Waals surface area contributed by atoms with Gasteiger partial charge in [0.15, 0.2) is 0 Å². The summed E-state index contributed by atoms with van der Waals surface area (Å²) in [5, 5.41) is 0. The Morgan fingerprint density at radius 3 is 1.91 bits per heavy atom. The van der Waals surface area contributed by atoms with E-state index in [9.17, 15) is 0 Å². The molecular formula is C22H28. The van der Waals surface area contributed by atoms with Crippen molar-refractivity contribution in [2.75, 3.05) is 0 Å². The molecule has 0 spiro atoms. The van der Waals surface area contributed by atoms with Gasteiger partial charge < -0.3 is 0 Å². The van der Waals surface area contributed by atoms with Crippen molar-refractivity contribution in [1.82, 2.24) is 0 Å². The van der Waals surface area contributed by atoms with Crippen molar-refractivity contribution in [1.29, 1.82) is 0 Å². The zero-order valence-electron chi connectivity index (χ0n) is 13.7. The summed E-state index contributed by atoms with van der Waals surface area (Å²) in [7, 11) is 0. The van der Waals surface area contributed by atoms with E-state index in [1.165, 1.54) is 37.7 Å². The average molecular weight is 292 g/mol. The van der Waals surface area contributed by atoms with E-state index in [0.29, 0.717) is 0 Å². The van der Waals surface area contributed by atoms with Gasteiger partial charge in [-0.1, -0.05) is 61.6 Å². The smallest absolute Gasteiger partial charge is 0.0196 e. The lowest BCUT2D eigenvalue weighted by atomic mass is 9.88. The minimum absolute atomic E-state index is 0.889. The van der Waals surface area contributed by atoms with Gasteiger partial charge in [0, 0.05) is 0 Å². The van der Waals surface area contributed by atoms with Crippen LogP contribution >= 0.6 is 0 Å². The molecule has 0 nitrogen and oxygen atoms in total. The largest absolute Gasteiger partial charge is 0.0851 e. The van der Waals surface area contributed by atoms with E-state index in [0.717, 1.165) is 35.5 Å². The zero-order valence-corrected chi connectivity index (χ0v) is 13.7. The Bertz CT molecular complexity index is 553. The molecule has 22 heavy (non-hydrogen) atoms. The van der Waals surface area contributed by atoms with Gasteiger partial charge in [-0.05, 0) is 73.2 Å². The lowest BCUT2D eigenvalue weighted by molar-refractivity contribution is 0.446. The van der Waals surface area contributed by atoms with Crippen LogP contribution < -0.4 is 0 Å². The maximum atomic E-state index is 2.45. The monoisotopic (exact) mass is 292 g/mol. The number of benzene rings is 1. The number of fused-ring (bicyclic) bond motifs is 4. The third kappa shape index (κ3) is 2.93. The van der Waals surface area contributed by atoms with E-state index in [2.05, 4.69) is 61.6 Å². The Balaban J connectivity index is 0.000000132. The molecule has 0 amide bonds. The molecule has 0 N–H and O–H groups in total. The van der Waals surface area contributed by atoms with E-state index < -0.39 is 0 Å². The molecular weight excluding hydrogens is 264 g/mol. The lowest BCUT2D eigenvalue weighted by Crippen LogP contribution is -2.09. The number of rotatable bonds is 2. The predicted octanol–water partition coefficient (Wildman–Crippen LogP) is 5.66. The molecule has 6 atom stereocenters. The fraction of sp³-hybridized carbons (Fsp3) is 0.545. The van der Waals surface area contributed by atoms with Crippen LogP contribution in [0.5, 0.6) is 0 Å². The Kier molecular flexibility index (Phi) is 3.94. The topological polar surface area (TPSA) is 0 Å². The van der Waals surface area contributed by atoms with Crippen LogP contribution in [0.15, 0.2) is 54.6 Å². The highest BCUT2D eigenvalue weighted by Crippen LogP contribution is 2.44. The lowest BCUT2D eigenvalue weighted by Gasteiger charge is -2.17. The summed E-state index contributed by atoms with van der Waals surface area (Å²) in [5.41, 5.74) is 1.51. The number of hydrogen-bond donors (Lipinski definition) is 0. The van der Waals surface area contributed by atoms with Gasteiger partial charge in [-0.2, -0.15) is 0 Å². The van der Waals surface area contributed by atoms with Crippen LogP contribution in [0.3, 0.4) is 0 Å². The molecule has 0 heterocycles. The van der Waals surface area contributed by atoms with Crippen molar-refractivity contribution in [2.24, 2.45) is 35.5 Å². The molecule has 4 bridgehead atoms. The van der Waals surface area contributed by atoms with E-state index in [1.807, 2.05) is 0 Å². The quantitative estimate of drug-likeness (QED) is 0.617. The Morgan fingerprint density at radius 2 is 1.45 bits per heavy atom. The van der Waals surface area contributed by atoms with Gasteiger partial charge >= 0.3 is 0 Å². The third-order valence-electron chi connectivity index (χ3n) is 6.37.